The Balaban J connectivity index is 2.70. The lowest BCUT2D eigenvalue weighted by Gasteiger charge is -2.01. The third-order valence-electron chi connectivity index (χ3n) is 1.89. The summed E-state index contributed by atoms with van der Waals surface area (Å²) in [5.74, 6) is 0.660. The Kier molecular flexibility index (Phi) is 1.90. The maximum atomic E-state index is 9.04. The van der Waals surface area contributed by atoms with Crippen LogP contribution in [0.3, 0.4) is 0 Å². The first-order valence-electron chi connectivity index (χ1n) is 3.86. The molecule has 1 N–H and O–H groups in total. The number of hydrogen-bond donors (Lipinski definition) is 1. The molecule has 4 heteroatoms. The molecule has 0 spiro atoms. The Morgan fingerprint density at radius 1 is 1.54 bits per heavy atom. The van der Waals surface area contributed by atoms with E-state index in [0.717, 1.165) is 0 Å². The first kappa shape index (κ1) is 8.07. The SMILES string of the molecule is COc1cc(CO)c2ncoc2c1. The highest BCUT2D eigenvalue weighted by Crippen LogP contribution is 2.24. The van der Waals surface area contributed by atoms with E-state index < -0.39 is 0 Å². The Morgan fingerprint density at radius 2 is 2.38 bits per heavy atom. The Hall–Kier alpha value is -1.55. The summed E-state index contributed by atoms with van der Waals surface area (Å²) in [5, 5.41) is 9.04. The predicted octanol–water partition coefficient (Wildman–Crippen LogP) is 1.33. The van der Waals surface area contributed by atoms with E-state index in [1.165, 1.54) is 6.39 Å². The van der Waals surface area contributed by atoms with Gasteiger partial charge in [-0.15, -0.1) is 0 Å². The van der Waals surface area contributed by atoms with Gasteiger partial charge in [0, 0.05) is 11.6 Å². The van der Waals surface area contributed by atoms with Crippen molar-refractivity contribution in [3.8, 4) is 5.75 Å². The Labute approximate surface area is 74.8 Å². The van der Waals surface area contributed by atoms with E-state index in [-0.39, 0.29) is 6.61 Å². The van der Waals surface area contributed by atoms with Crippen LogP contribution in [0.4, 0.5) is 0 Å². The van der Waals surface area contributed by atoms with Gasteiger partial charge in [0.2, 0.25) is 0 Å². The first-order valence-corrected chi connectivity index (χ1v) is 3.86. The highest BCUT2D eigenvalue weighted by molar-refractivity contribution is 5.78. The fourth-order valence-electron chi connectivity index (χ4n) is 1.25. The number of rotatable bonds is 2. The summed E-state index contributed by atoms with van der Waals surface area (Å²) < 4.78 is 10.1. The van der Waals surface area contributed by atoms with Gasteiger partial charge in [0.25, 0.3) is 0 Å². The second-order valence-corrected chi connectivity index (χ2v) is 2.64. The van der Waals surface area contributed by atoms with Gasteiger partial charge in [-0.1, -0.05) is 0 Å². The second-order valence-electron chi connectivity index (χ2n) is 2.64. The molecule has 0 bridgehead atoms. The van der Waals surface area contributed by atoms with Crippen LogP contribution in [0.2, 0.25) is 0 Å². The van der Waals surface area contributed by atoms with Crippen molar-refractivity contribution in [1.29, 1.82) is 0 Å². The van der Waals surface area contributed by atoms with Crippen molar-refractivity contribution in [1.82, 2.24) is 4.98 Å². The molecule has 0 amide bonds. The van der Waals surface area contributed by atoms with Crippen molar-refractivity contribution in [3.63, 3.8) is 0 Å². The molecule has 0 aliphatic carbocycles. The summed E-state index contributed by atoms with van der Waals surface area (Å²) in [6.45, 7) is -0.0692. The van der Waals surface area contributed by atoms with Gasteiger partial charge in [-0.05, 0) is 6.07 Å². The molecule has 4 nitrogen and oxygen atoms in total. The van der Waals surface area contributed by atoms with E-state index in [4.69, 9.17) is 14.3 Å². The molecule has 1 heterocycles. The number of aliphatic hydroxyl groups excluding tert-OH is 1. The number of aromatic nitrogens is 1. The van der Waals surface area contributed by atoms with Gasteiger partial charge < -0.3 is 14.3 Å². The molecule has 0 saturated heterocycles. The van der Waals surface area contributed by atoms with Gasteiger partial charge in [0.15, 0.2) is 12.0 Å². The Morgan fingerprint density at radius 3 is 3.08 bits per heavy atom. The van der Waals surface area contributed by atoms with E-state index in [2.05, 4.69) is 4.98 Å². The number of aliphatic hydroxyl groups is 1. The number of hydrogen-bond acceptors (Lipinski definition) is 4. The summed E-state index contributed by atoms with van der Waals surface area (Å²) in [6, 6.07) is 3.48. The third kappa shape index (κ3) is 1.25. The van der Waals surface area contributed by atoms with Gasteiger partial charge >= 0.3 is 0 Å². The molecule has 0 aliphatic rings. The summed E-state index contributed by atoms with van der Waals surface area (Å²) in [6.07, 6.45) is 1.35. The molecular weight excluding hydrogens is 170 g/mol. The number of nitrogens with zero attached hydrogens (tertiary/aromatic N) is 1. The van der Waals surface area contributed by atoms with Crippen molar-refractivity contribution >= 4 is 11.1 Å². The summed E-state index contributed by atoms with van der Waals surface area (Å²) in [7, 11) is 1.57. The molecule has 0 atom stereocenters. The molecule has 0 aliphatic heterocycles. The smallest absolute Gasteiger partial charge is 0.181 e. The molecule has 0 radical (unpaired) electrons. The number of fused-ring (bicyclic) bond motifs is 1. The highest BCUT2D eigenvalue weighted by atomic mass is 16.5. The number of methoxy groups -OCH3 is 1. The molecule has 0 saturated carbocycles. The lowest BCUT2D eigenvalue weighted by molar-refractivity contribution is 0.282. The van der Waals surface area contributed by atoms with Crippen LogP contribution in [0.25, 0.3) is 11.1 Å². The molecule has 13 heavy (non-hydrogen) atoms. The number of ether oxygens (including phenoxy) is 1. The molecule has 68 valence electrons. The highest BCUT2D eigenvalue weighted by Gasteiger charge is 2.07. The summed E-state index contributed by atoms with van der Waals surface area (Å²) in [4.78, 5) is 3.98. The molecule has 2 aromatic rings. The normalized spacial score (nSPS) is 10.6. The molecule has 0 unspecified atom stereocenters. The zero-order valence-corrected chi connectivity index (χ0v) is 7.15. The largest absolute Gasteiger partial charge is 0.497 e. The van der Waals surface area contributed by atoms with Crippen LogP contribution in [0.15, 0.2) is 22.9 Å². The molecule has 1 aromatic carbocycles. The minimum Gasteiger partial charge on any atom is -0.497 e. The van der Waals surface area contributed by atoms with Crippen LogP contribution in [-0.2, 0) is 6.61 Å². The molecule has 0 fully saturated rings. The number of benzene rings is 1. The zero-order valence-electron chi connectivity index (χ0n) is 7.15. The standard InChI is InChI=1S/C9H9NO3/c1-12-7-2-6(4-11)9-8(3-7)13-5-10-9/h2-3,5,11H,4H2,1H3. The number of oxazole rings is 1. The average molecular weight is 179 g/mol. The van der Waals surface area contributed by atoms with Crippen molar-refractivity contribution in [2.24, 2.45) is 0 Å². The maximum Gasteiger partial charge on any atom is 0.181 e. The molecular formula is C9H9NO3. The second kappa shape index (κ2) is 3.06. The molecule has 1 aromatic heterocycles. The fourth-order valence-corrected chi connectivity index (χ4v) is 1.25. The van der Waals surface area contributed by atoms with E-state index in [9.17, 15) is 0 Å². The lowest BCUT2D eigenvalue weighted by atomic mass is 10.2. The first-order chi connectivity index (χ1) is 6.35. The van der Waals surface area contributed by atoms with Crippen LogP contribution in [0, 0.1) is 0 Å². The van der Waals surface area contributed by atoms with Crippen LogP contribution < -0.4 is 4.74 Å². The van der Waals surface area contributed by atoms with Crippen molar-refractivity contribution < 1.29 is 14.3 Å². The van der Waals surface area contributed by atoms with E-state index in [0.29, 0.717) is 22.4 Å². The zero-order chi connectivity index (χ0) is 9.26. The fraction of sp³-hybridized carbons (Fsp3) is 0.222. The topological polar surface area (TPSA) is 55.5 Å². The van der Waals surface area contributed by atoms with Gasteiger partial charge in [0.05, 0.1) is 13.7 Å². The summed E-state index contributed by atoms with van der Waals surface area (Å²) >= 11 is 0. The van der Waals surface area contributed by atoms with Crippen molar-refractivity contribution in [3.05, 3.63) is 24.1 Å². The van der Waals surface area contributed by atoms with Gasteiger partial charge in [-0.25, -0.2) is 4.98 Å². The minimum atomic E-state index is -0.0692. The van der Waals surface area contributed by atoms with Crippen LogP contribution >= 0.6 is 0 Å². The van der Waals surface area contributed by atoms with E-state index in [1.807, 2.05) is 0 Å². The van der Waals surface area contributed by atoms with Crippen LogP contribution in [-0.4, -0.2) is 17.2 Å². The van der Waals surface area contributed by atoms with E-state index in [1.54, 1.807) is 19.2 Å². The van der Waals surface area contributed by atoms with Crippen LogP contribution in [0.1, 0.15) is 5.56 Å². The minimum absolute atomic E-state index is 0.0692. The Bertz CT molecular complexity index is 422. The van der Waals surface area contributed by atoms with Crippen molar-refractivity contribution in [2.75, 3.05) is 7.11 Å². The van der Waals surface area contributed by atoms with Gasteiger partial charge in [-0.3, -0.25) is 0 Å². The average Bonchev–Trinajstić information content (AvgIpc) is 2.63. The predicted molar refractivity (Wildman–Crippen MR) is 46.5 cm³/mol. The quantitative estimate of drug-likeness (QED) is 0.755. The van der Waals surface area contributed by atoms with Gasteiger partial charge in [-0.2, -0.15) is 0 Å². The maximum absolute atomic E-state index is 9.04. The lowest BCUT2D eigenvalue weighted by Crippen LogP contribution is -1.89. The summed E-state index contributed by atoms with van der Waals surface area (Å²) in [5.41, 5.74) is 2.02. The monoisotopic (exact) mass is 179 g/mol. The third-order valence-corrected chi connectivity index (χ3v) is 1.89. The molecule has 2 rings (SSSR count). The van der Waals surface area contributed by atoms with Gasteiger partial charge in [0.1, 0.15) is 11.3 Å². The van der Waals surface area contributed by atoms with Crippen LogP contribution in [0.5, 0.6) is 5.75 Å². The van der Waals surface area contributed by atoms with Crippen molar-refractivity contribution in [2.45, 2.75) is 6.61 Å². The van der Waals surface area contributed by atoms with E-state index >= 15 is 0 Å².